The van der Waals surface area contributed by atoms with Crippen LogP contribution in [-0.4, -0.2) is 21.2 Å². The lowest BCUT2D eigenvalue weighted by Gasteiger charge is -1.97. The lowest BCUT2D eigenvalue weighted by atomic mass is 10.4. The van der Waals surface area contributed by atoms with E-state index >= 15 is 0 Å². The number of aryl methyl sites for hydroxylation is 1. The summed E-state index contributed by atoms with van der Waals surface area (Å²) in [5, 5.41) is 10.1. The summed E-state index contributed by atoms with van der Waals surface area (Å²) < 4.78 is 14.9. The zero-order valence-electron chi connectivity index (χ0n) is 10.5. The third-order valence-corrected chi connectivity index (χ3v) is 2.47. The SMILES string of the molecule is Cc1cc(-c2noc(CNC(=O)c3ccco3)n2)no1. The monoisotopic (exact) mass is 274 g/mol. The van der Waals surface area contributed by atoms with Crippen LogP contribution in [0.4, 0.5) is 0 Å². The highest BCUT2D eigenvalue weighted by Gasteiger charge is 2.14. The molecule has 0 aliphatic carbocycles. The minimum absolute atomic E-state index is 0.101. The second-order valence-corrected chi connectivity index (χ2v) is 3.99. The Labute approximate surface area is 112 Å². The van der Waals surface area contributed by atoms with Crippen LogP contribution in [0.5, 0.6) is 0 Å². The highest BCUT2D eigenvalue weighted by Crippen LogP contribution is 2.15. The van der Waals surface area contributed by atoms with E-state index in [1.54, 1.807) is 25.1 Å². The minimum atomic E-state index is -0.355. The summed E-state index contributed by atoms with van der Waals surface area (Å²) in [6.07, 6.45) is 1.42. The molecule has 0 atom stereocenters. The summed E-state index contributed by atoms with van der Waals surface area (Å²) in [5.41, 5.74) is 0.481. The third kappa shape index (κ3) is 2.44. The molecule has 1 amide bonds. The Bertz CT molecular complexity index is 713. The van der Waals surface area contributed by atoms with Crippen molar-refractivity contribution in [1.82, 2.24) is 20.6 Å². The van der Waals surface area contributed by atoms with Gasteiger partial charge in [0.1, 0.15) is 5.76 Å². The maximum Gasteiger partial charge on any atom is 0.287 e. The molecule has 3 aromatic heterocycles. The number of furan rings is 1. The molecule has 0 saturated carbocycles. The molecular weight excluding hydrogens is 264 g/mol. The fourth-order valence-corrected chi connectivity index (χ4v) is 1.55. The Morgan fingerprint density at radius 1 is 1.35 bits per heavy atom. The van der Waals surface area contributed by atoms with Crippen LogP contribution in [0.1, 0.15) is 22.2 Å². The van der Waals surface area contributed by atoms with Gasteiger partial charge in [-0.3, -0.25) is 4.79 Å². The van der Waals surface area contributed by atoms with E-state index in [1.165, 1.54) is 6.26 Å². The van der Waals surface area contributed by atoms with Gasteiger partial charge in [-0.1, -0.05) is 10.3 Å². The number of aromatic nitrogens is 3. The average molecular weight is 274 g/mol. The van der Waals surface area contributed by atoms with Crippen molar-refractivity contribution in [2.24, 2.45) is 0 Å². The molecule has 0 saturated heterocycles. The summed E-state index contributed by atoms with van der Waals surface area (Å²) in [7, 11) is 0. The predicted molar refractivity (Wildman–Crippen MR) is 64.4 cm³/mol. The molecule has 3 heterocycles. The first-order valence-corrected chi connectivity index (χ1v) is 5.80. The molecule has 0 unspecified atom stereocenters. The van der Waals surface area contributed by atoms with Crippen molar-refractivity contribution in [2.45, 2.75) is 13.5 Å². The van der Waals surface area contributed by atoms with Crippen molar-refractivity contribution in [3.63, 3.8) is 0 Å². The van der Waals surface area contributed by atoms with Crippen molar-refractivity contribution >= 4 is 5.91 Å². The Morgan fingerprint density at radius 2 is 2.25 bits per heavy atom. The number of nitrogens with zero attached hydrogens (tertiary/aromatic N) is 3. The van der Waals surface area contributed by atoms with Gasteiger partial charge in [-0.25, -0.2) is 0 Å². The summed E-state index contributed by atoms with van der Waals surface area (Å²) >= 11 is 0. The molecule has 0 spiro atoms. The summed E-state index contributed by atoms with van der Waals surface area (Å²) in [4.78, 5) is 15.7. The van der Waals surface area contributed by atoms with E-state index in [0.29, 0.717) is 17.3 Å². The first kappa shape index (κ1) is 12.2. The molecule has 3 rings (SSSR count). The van der Waals surface area contributed by atoms with E-state index in [0.717, 1.165) is 0 Å². The molecule has 0 aromatic carbocycles. The van der Waals surface area contributed by atoms with E-state index < -0.39 is 0 Å². The second-order valence-electron chi connectivity index (χ2n) is 3.99. The van der Waals surface area contributed by atoms with Gasteiger partial charge in [-0.05, 0) is 19.1 Å². The summed E-state index contributed by atoms with van der Waals surface area (Å²) in [6, 6.07) is 4.88. The van der Waals surface area contributed by atoms with Crippen LogP contribution in [0.3, 0.4) is 0 Å². The maximum atomic E-state index is 11.6. The van der Waals surface area contributed by atoms with Crippen LogP contribution < -0.4 is 5.32 Å². The maximum absolute atomic E-state index is 11.6. The standard InChI is InChI=1S/C12H10N4O4/c1-7-5-8(15-19-7)11-14-10(20-16-11)6-13-12(17)9-3-2-4-18-9/h2-5H,6H2,1H3,(H,13,17). The molecular formula is C12H10N4O4. The fraction of sp³-hybridized carbons (Fsp3) is 0.167. The van der Waals surface area contributed by atoms with Gasteiger partial charge in [0.05, 0.1) is 12.8 Å². The normalized spacial score (nSPS) is 10.7. The topological polar surface area (TPSA) is 107 Å². The number of rotatable bonds is 4. The zero-order chi connectivity index (χ0) is 13.9. The van der Waals surface area contributed by atoms with Gasteiger partial charge in [0.2, 0.25) is 11.7 Å². The number of carbonyl (C=O) groups excluding carboxylic acids is 1. The molecule has 102 valence electrons. The molecule has 0 aliphatic heterocycles. The molecule has 8 nitrogen and oxygen atoms in total. The van der Waals surface area contributed by atoms with Crippen molar-refractivity contribution in [2.75, 3.05) is 0 Å². The number of carbonyl (C=O) groups is 1. The highest BCUT2D eigenvalue weighted by atomic mass is 16.5. The fourth-order valence-electron chi connectivity index (χ4n) is 1.55. The van der Waals surface area contributed by atoms with Crippen LogP contribution in [0, 0.1) is 6.92 Å². The number of nitrogens with one attached hydrogen (secondary N) is 1. The van der Waals surface area contributed by atoms with Crippen LogP contribution in [0.15, 0.2) is 37.9 Å². The van der Waals surface area contributed by atoms with Gasteiger partial charge in [0.25, 0.3) is 5.91 Å². The van der Waals surface area contributed by atoms with Crippen molar-refractivity contribution in [3.05, 3.63) is 41.9 Å². The largest absolute Gasteiger partial charge is 0.459 e. The van der Waals surface area contributed by atoms with Crippen LogP contribution in [0.25, 0.3) is 11.5 Å². The quantitative estimate of drug-likeness (QED) is 0.769. The second kappa shape index (κ2) is 5.00. The number of amides is 1. The van der Waals surface area contributed by atoms with Crippen molar-refractivity contribution < 1.29 is 18.3 Å². The minimum Gasteiger partial charge on any atom is -0.459 e. The van der Waals surface area contributed by atoms with E-state index in [9.17, 15) is 4.79 Å². The average Bonchev–Trinajstić information content (AvgIpc) is 3.16. The molecule has 0 bridgehead atoms. The van der Waals surface area contributed by atoms with Gasteiger partial charge in [0, 0.05) is 6.07 Å². The van der Waals surface area contributed by atoms with Gasteiger partial charge >= 0.3 is 0 Å². The Kier molecular flexibility index (Phi) is 3.04. The van der Waals surface area contributed by atoms with Gasteiger partial charge in [-0.2, -0.15) is 4.98 Å². The Balaban J connectivity index is 1.64. The van der Waals surface area contributed by atoms with E-state index in [1.807, 2.05) is 0 Å². The molecule has 0 aliphatic rings. The Morgan fingerprint density at radius 3 is 2.95 bits per heavy atom. The van der Waals surface area contributed by atoms with Gasteiger partial charge in [0.15, 0.2) is 11.5 Å². The first-order valence-electron chi connectivity index (χ1n) is 5.80. The van der Waals surface area contributed by atoms with Crippen molar-refractivity contribution in [1.29, 1.82) is 0 Å². The molecule has 3 aromatic rings. The third-order valence-electron chi connectivity index (χ3n) is 2.47. The smallest absolute Gasteiger partial charge is 0.287 e. The van der Waals surface area contributed by atoms with Crippen LogP contribution in [-0.2, 0) is 6.54 Å². The van der Waals surface area contributed by atoms with E-state index in [2.05, 4.69) is 20.6 Å². The van der Waals surface area contributed by atoms with E-state index in [-0.39, 0.29) is 24.1 Å². The van der Waals surface area contributed by atoms with Gasteiger partial charge < -0.3 is 18.8 Å². The molecule has 20 heavy (non-hydrogen) atoms. The van der Waals surface area contributed by atoms with Gasteiger partial charge in [-0.15, -0.1) is 0 Å². The number of hydrogen-bond acceptors (Lipinski definition) is 7. The molecule has 1 N–H and O–H groups in total. The summed E-state index contributed by atoms with van der Waals surface area (Å²) in [5.74, 6) is 1.09. The van der Waals surface area contributed by atoms with E-state index in [4.69, 9.17) is 13.5 Å². The molecule has 0 radical (unpaired) electrons. The Hall–Kier alpha value is -2.90. The lowest BCUT2D eigenvalue weighted by molar-refractivity contribution is 0.0918. The lowest BCUT2D eigenvalue weighted by Crippen LogP contribution is -2.22. The zero-order valence-corrected chi connectivity index (χ0v) is 10.5. The summed E-state index contributed by atoms with van der Waals surface area (Å²) in [6.45, 7) is 1.87. The van der Waals surface area contributed by atoms with Crippen molar-refractivity contribution in [3.8, 4) is 11.5 Å². The van der Waals surface area contributed by atoms with Crippen LogP contribution >= 0.6 is 0 Å². The first-order chi connectivity index (χ1) is 9.72. The molecule has 8 heteroatoms. The molecule has 0 fully saturated rings. The highest BCUT2D eigenvalue weighted by molar-refractivity contribution is 5.91. The predicted octanol–water partition coefficient (Wildman–Crippen LogP) is 1.56. The van der Waals surface area contributed by atoms with Crippen LogP contribution in [0.2, 0.25) is 0 Å². The number of hydrogen-bond donors (Lipinski definition) is 1.